The molecule has 5 atom stereocenters. The summed E-state index contributed by atoms with van der Waals surface area (Å²) in [6.07, 6.45) is 6.99. The Morgan fingerprint density at radius 1 is 0.959 bits per heavy atom. The summed E-state index contributed by atoms with van der Waals surface area (Å²) >= 11 is 0. The van der Waals surface area contributed by atoms with E-state index in [0.29, 0.717) is 24.2 Å². The number of allylic oxidation sites excluding steroid dienone is 1. The van der Waals surface area contributed by atoms with E-state index in [9.17, 15) is 24.3 Å². The van der Waals surface area contributed by atoms with Gasteiger partial charge in [0.15, 0.2) is 0 Å². The normalized spacial score (nSPS) is 26.1. The van der Waals surface area contributed by atoms with Gasteiger partial charge in [0.2, 0.25) is 11.8 Å². The average molecular weight is 669 g/mol. The molecule has 3 N–H and O–H groups in total. The fraction of sp³-hybridized carbons (Fsp3) is 0.459. The molecule has 3 aromatic rings. The first-order chi connectivity index (χ1) is 23.4. The van der Waals surface area contributed by atoms with Crippen LogP contribution >= 0.6 is 0 Å². The van der Waals surface area contributed by atoms with Gasteiger partial charge in [-0.05, 0) is 46.5 Å². The minimum Gasteiger partial charge on any atom is -0.479 e. The van der Waals surface area contributed by atoms with Gasteiger partial charge in [-0.25, -0.2) is 9.59 Å². The topological polar surface area (TPSA) is 156 Å². The SMILES string of the molecule is CC(C)(C)OC(=O)N[C@H]1CCCCCC=C[C@@H]2C[C@@]2(C(=O)O)NC(=O)[C@@H]2C[C@H](n3nc(-c4ccccc4)c(-c4ccccc4)n3)CN2C1=O. The number of ether oxygens (including phenoxy) is 1. The molecule has 1 saturated heterocycles. The Morgan fingerprint density at radius 2 is 1.59 bits per heavy atom. The zero-order chi connectivity index (χ0) is 34.8. The fourth-order valence-corrected chi connectivity index (χ4v) is 6.76. The molecular weight excluding hydrogens is 624 g/mol. The molecule has 2 aliphatic heterocycles. The van der Waals surface area contributed by atoms with E-state index in [4.69, 9.17) is 14.9 Å². The number of fused-ring (bicyclic) bond motifs is 2. The van der Waals surface area contributed by atoms with Gasteiger partial charge in [-0.2, -0.15) is 15.0 Å². The summed E-state index contributed by atoms with van der Waals surface area (Å²) in [6.45, 7) is 5.33. The Labute approximate surface area is 285 Å². The molecule has 0 unspecified atom stereocenters. The van der Waals surface area contributed by atoms with Crippen LogP contribution in [0, 0.1) is 5.92 Å². The number of carbonyl (C=O) groups is 4. The summed E-state index contributed by atoms with van der Waals surface area (Å²) in [5, 5.41) is 25.6. The van der Waals surface area contributed by atoms with E-state index in [1.54, 1.807) is 25.6 Å². The number of amides is 3. The van der Waals surface area contributed by atoms with Crippen LogP contribution in [-0.2, 0) is 19.1 Å². The number of rotatable bonds is 5. The summed E-state index contributed by atoms with van der Waals surface area (Å²) in [5.41, 5.74) is 0.854. The van der Waals surface area contributed by atoms with Crippen LogP contribution in [0.1, 0.15) is 71.8 Å². The molecule has 1 saturated carbocycles. The molecule has 258 valence electrons. The lowest BCUT2D eigenvalue weighted by atomic mass is 10.0. The number of nitrogens with zero attached hydrogens (tertiary/aromatic N) is 4. The van der Waals surface area contributed by atoms with Crippen LogP contribution in [0.25, 0.3) is 22.5 Å². The standard InChI is InChI=1S/C37H44N6O6/c1-36(2,3)49-35(48)38-28-20-14-6-4-5-13-19-26-22-37(26,34(46)47)39-32(44)29-21-27(23-42(29)33(28)45)43-40-30(24-15-9-7-10-16-24)31(41-43)25-17-11-8-12-18-25/h7-13,15-19,26-29H,4-6,14,20-23H2,1-3H3,(H,38,48)(H,39,44)(H,46,47)/t26-,27+,28+,29+,37-/m1/s1. The van der Waals surface area contributed by atoms with Crippen molar-refractivity contribution in [3.05, 3.63) is 72.8 Å². The highest BCUT2D eigenvalue weighted by Crippen LogP contribution is 2.45. The monoisotopic (exact) mass is 668 g/mol. The molecule has 6 rings (SSSR count). The molecule has 3 amide bonds. The second-order valence-corrected chi connectivity index (χ2v) is 14.2. The molecule has 0 radical (unpaired) electrons. The van der Waals surface area contributed by atoms with Gasteiger partial charge < -0.3 is 25.4 Å². The van der Waals surface area contributed by atoms with Crippen molar-refractivity contribution in [2.75, 3.05) is 6.54 Å². The Kier molecular flexibility index (Phi) is 9.58. The maximum Gasteiger partial charge on any atom is 0.408 e. The molecule has 1 aromatic heterocycles. The summed E-state index contributed by atoms with van der Waals surface area (Å²) < 4.78 is 5.50. The largest absolute Gasteiger partial charge is 0.479 e. The quantitative estimate of drug-likeness (QED) is 0.316. The predicted octanol–water partition coefficient (Wildman–Crippen LogP) is 5.13. The van der Waals surface area contributed by atoms with Crippen molar-refractivity contribution in [2.45, 2.75) is 95.0 Å². The average Bonchev–Trinajstić information content (AvgIpc) is 3.38. The molecular formula is C37H44N6O6. The van der Waals surface area contributed by atoms with Crippen LogP contribution < -0.4 is 10.6 Å². The second-order valence-electron chi connectivity index (χ2n) is 14.2. The van der Waals surface area contributed by atoms with E-state index in [0.717, 1.165) is 30.4 Å². The van der Waals surface area contributed by atoms with Crippen molar-refractivity contribution >= 4 is 23.9 Å². The van der Waals surface area contributed by atoms with Crippen molar-refractivity contribution in [3.8, 4) is 22.5 Å². The number of nitrogens with one attached hydrogen (secondary N) is 2. The number of alkyl carbamates (subject to hydrolysis) is 1. The van der Waals surface area contributed by atoms with Gasteiger partial charge in [-0.3, -0.25) is 9.59 Å². The summed E-state index contributed by atoms with van der Waals surface area (Å²) in [6, 6.07) is 16.9. The van der Waals surface area contributed by atoms with Crippen LogP contribution in [0.4, 0.5) is 4.79 Å². The third-order valence-corrected chi connectivity index (χ3v) is 9.38. The first-order valence-electron chi connectivity index (χ1n) is 17.0. The third kappa shape index (κ3) is 7.53. The molecule has 12 heteroatoms. The molecule has 0 bridgehead atoms. The summed E-state index contributed by atoms with van der Waals surface area (Å²) in [7, 11) is 0. The van der Waals surface area contributed by atoms with Crippen molar-refractivity contribution in [1.82, 2.24) is 30.5 Å². The van der Waals surface area contributed by atoms with Gasteiger partial charge in [0, 0.05) is 30.0 Å². The first kappa shape index (κ1) is 33.9. The molecule has 1 aliphatic carbocycles. The Bertz CT molecular complexity index is 1660. The number of hydrogen-bond donors (Lipinski definition) is 3. The van der Waals surface area contributed by atoms with Crippen LogP contribution in [0.2, 0.25) is 0 Å². The zero-order valence-electron chi connectivity index (χ0n) is 28.2. The van der Waals surface area contributed by atoms with Gasteiger partial charge in [-0.1, -0.05) is 85.7 Å². The number of carbonyl (C=O) groups excluding carboxylic acids is 3. The van der Waals surface area contributed by atoms with E-state index in [1.807, 2.05) is 72.8 Å². The van der Waals surface area contributed by atoms with Crippen molar-refractivity contribution < 1.29 is 29.0 Å². The minimum atomic E-state index is -1.43. The van der Waals surface area contributed by atoms with Crippen LogP contribution in [0.15, 0.2) is 72.8 Å². The molecule has 49 heavy (non-hydrogen) atoms. The van der Waals surface area contributed by atoms with E-state index < -0.39 is 53.1 Å². The molecule has 12 nitrogen and oxygen atoms in total. The number of aliphatic carboxylic acids is 1. The van der Waals surface area contributed by atoms with Gasteiger partial charge in [0.1, 0.15) is 34.6 Å². The van der Waals surface area contributed by atoms with Crippen LogP contribution in [0.3, 0.4) is 0 Å². The highest BCUT2D eigenvalue weighted by atomic mass is 16.6. The number of aromatic nitrogens is 3. The van der Waals surface area contributed by atoms with Crippen molar-refractivity contribution in [2.24, 2.45) is 5.92 Å². The van der Waals surface area contributed by atoms with Gasteiger partial charge in [0.25, 0.3) is 0 Å². The van der Waals surface area contributed by atoms with E-state index in [2.05, 4.69) is 10.6 Å². The van der Waals surface area contributed by atoms with Crippen LogP contribution in [-0.4, -0.2) is 78.6 Å². The van der Waals surface area contributed by atoms with Gasteiger partial charge >= 0.3 is 12.1 Å². The highest BCUT2D eigenvalue weighted by Gasteiger charge is 2.61. The van der Waals surface area contributed by atoms with Crippen molar-refractivity contribution in [1.29, 1.82) is 0 Å². The maximum absolute atomic E-state index is 14.4. The lowest BCUT2D eigenvalue weighted by molar-refractivity contribution is -0.145. The lowest BCUT2D eigenvalue weighted by Gasteiger charge is -2.30. The Hall–Kier alpha value is -5.00. The van der Waals surface area contributed by atoms with Gasteiger partial charge in [0.05, 0.1) is 6.04 Å². The van der Waals surface area contributed by atoms with E-state index in [1.165, 1.54) is 4.90 Å². The molecule has 2 aromatic carbocycles. The summed E-state index contributed by atoms with van der Waals surface area (Å²) in [5.74, 6) is -2.43. The van der Waals surface area contributed by atoms with Crippen molar-refractivity contribution in [3.63, 3.8) is 0 Å². The Morgan fingerprint density at radius 3 is 2.18 bits per heavy atom. The van der Waals surface area contributed by atoms with Gasteiger partial charge in [-0.15, -0.1) is 0 Å². The number of carboxylic acids is 1. The number of benzene rings is 2. The van der Waals surface area contributed by atoms with E-state index in [-0.39, 0.29) is 25.3 Å². The number of hydrogen-bond acceptors (Lipinski definition) is 7. The molecule has 3 heterocycles. The maximum atomic E-state index is 14.4. The highest BCUT2D eigenvalue weighted by molar-refractivity contribution is 5.96. The Balaban J connectivity index is 1.36. The fourth-order valence-electron chi connectivity index (χ4n) is 6.76. The summed E-state index contributed by atoms with van der Waals surface area (Å²) in [4.78, 5) is 56.9. The second kappa shape index (κ2) is 13.9. The minimum absolute atomic E-state index is 0.0873. The zero-order valence-corrected chi connectivity index (χ0v) is 28.2. The van der Waals surface area contributed by atoms with Crippen LogP contribution in [0.5, 0.6) is 0 Å². The molecule has 2 fully saturated rings. The molecule has 0 spiro atoms. The van der Waals surface area contributed by atoms with E-state index >= 15 is 0 Å². The first-order valence-corrected chi connectivity index (χ1v) is 17.0. The third-order valence-electron chi connectivity index (χ3n) is 9.38. The number of carboxylic acid groups (broad SMARTS) is 1. The lowest BCUT2D eigenvalue weighted by Crippen LogP contribution is -2.56. The smallest absolute Gasteiger partial charge is 0.408 e. The molecule has 3 aliphatic rings. The predicted molar refractivity (Wildman–Crippen MR) is 182 cm³/mol.